The van der Waals surface area contributed by atoms with Gasteiger partial charge >= 0.3 is 0 Å². The van der Waals surface area contributed by atoms with Crippen molar-refractivity contribution in [3.8, 4) is 6.07 Å². The van der Waals surface area contributed by atoms with E-state index in [4.69, 9.17) is 5.26 Å². The van der Waals surface area contributed by atoms with Crippen LogP contribution in [0.5, 0.6) is 0 Å². The second-order valence-electron chi connectivity index (χ2n) is 6.38. The standard InChI is InChI=1S/C22H18N6O/c23-11-2-12-25-22-26-14-10-19(28-22)27-17-7-5-16(6-8-17)21(29)18-4-1-3-15-9-13-24-20(15)18/h1,3-10,13-14,24H,2,12H2,(H2,25,26,27,28). The molecule has 0 saturated carbocycles. The number of benzene rings is 2. The highest BCUT2D eigenvalue weighted by Crippen LogP contribution is 2.22. The van der Waals surface area contributed by atoms with Crippen molar-refractivity contribution in [3.05, 3.63) is 78.1 Å². The number of aromatic amines is 1. The van der Waals surface area contributed by atoms with Crippen molar-refractivity contribution < 1.29 is 4.79 Å². The molecule has 0 spiro atoms. The Bertz CT molecular complexity index is 1190. The summed E-state index contributed by atoms with van der Waals surface area (Å²) in [5.74, 6) is 1.04. The van der Waals surface area contributed by atoms with Crippen molar-refractivity contribution in [1.29, 1.82) is 5.26 Å². The maximum absolute atomic E-state index is 12.9. The molecular formula is C22H18N6O. The minimum Gasteiger partial charge on any atom is -0.361 e. The zero-order valence-electron chi connectivity index (χ0n) is 15.5. The first-order chi connectivity index (χ1) is 14.2. The van der Waals surface area contributed by atoms with Gasteiger partial charge in [-0.15, -0.1) is 0 Å². The molecule has 7 nitrogen and oxygen atoms in total. The Morgan fingerprint density at radius 3 is 2.79 bits per heavy atom. The van der Waals surface area contributed by atoms with Crippen LogP contribution in [0.15, 0.2) is 67.0 Å². The zero-order chi connectivity index (χ0) is 20.1. The molecule has 3 N–H and O–H groups in total. The summed E-state index contributed by atoms with van der Waals surface area (Å²) in [6.45, 7) is 0.490. The molecule has 0 aliphatic carbocycles. The van der Waals surface area contributed by atoms with Gasteiger partial charge < -0.3 is 15.6 Å². The van der Waals surface area contributed by atoms with Crippen LogP contribution in [0.4, 0.5) is 17.5 Å². The molecule has 0 unspecified atom stereocenters. The van der Waals surface area contributed by atoms with Gasteiger partial charge in [-0.25, -0.2) is 4.98 Å². The quantitative estimate of drug-likeness (QED) is 0.326. The first kappa shape index (κ1) is 18.2. The maximum Gasteiger partial charge on any atom is 0.224 e. The van der Waals surface area contributed by atoms with Crippen LogP contribution in [0.25, 0.3) is 10.9 Å². The summed E-state index contributed by atoms with van der Waals surface area (Å²) >= 11 is 0. The molecule has 2 aromatic heterocycles. The van der Waals surface area contributed by atoms with Gasteiger partial charge in [0.25, 0.3) is 0 Å². The number of para-hydroxylation sites is 1. The molecule has 142 valence electrons. The SMILES string of the molecule is N#CCCNc1nccc(Nc2ccc(C(=O)c3cccc4cc[nH]c34)cc2)n1. The number of anilines is 3. The van der Waals surface area contributed by atoms with Gasteiger partial charge in [-0.05, 0) is 42.5 Å². The van der Waals surface area contributed by atoms with Gasteiger partial charge in [-0.2, -0.15) is 10.2 Å². The number of ketones is 1. The molecule has 0 aliphatic rings. The van der Waals surface area contributed by atoms with E-state index in [1.807, 2.05) is 42.6 Å². The molecule has 4 aromatic rings. The number of hydrogen-bond donors (Lipinski definition) is 3. The summed E-state index contributed by atoms with van der Waals surface area (Å²) in [4.78, 5) is 24.5. The summed E-state index contributed by atoms with van der Waals surface area (Å²) in [7, 11) is 0. The molecule has 4 rings (SSSR count). The first-order valence-electron chi connectivity index (χ1n) is 9.16. The number of hydrogen-bond acceptors (Lipinski definition) is 6. The number of aromatic nitrogens is 3. The summed E-state index contributed by atoms with van der Waals surface area (Å²) < 4.78 is 0. The van der Waals surface area contributed by atoms with Crippen LogP contribution in [-0.4, -0.2) is 27.3 Å². The Kier molecular flexibility index (Phi) is 5.16. The summed E-state index contributed by atoms with van der Waals surface area (Å²) in [5.41, 5.74) is 2.91. The number of nitrogens with zero attached hydrogens (tertiary/aromatic N) is 3. The number of nitrogens with one attached hydrogen (secondary N) is 3. The van der Waals surface area contributed by atoms with Gasteiger partial charge in [-0.3, -0.25) is 4.79 Å². The third kappa shape index (κ3) is 4.06. The van der Waals surface area contributed by atoms with Crippen molar-refractivity contribution in [2.24, 2.45) is 0 Å². The predicted octanol–water partition coefficient (Wildman–Crippen LogP) is 4.26. The average molecular weight is 382 g/mol. The molecule has 0 fully saturated rings. The highest BCUT2D eigenvalue weighted by molar-refractivity contribution is 6.15. The van der Waals surface area contributed by atoms with Crippen LogP contribution in [0.3, 0.4) is 0 Å². The Hall–Kier alpha value is -4.18. The fraction of sp³-hybridized carbons (Fsp3) is 0.0909. The Morgan fingerprint density at radius 2 is 1.97 bits per heavy atom. The van der Waals surface area contributed by atoms with Crippen LogP contribution < -0.4 is 10.6 Å². The van der Waals surface area contributed by atoms with Crippen LogP contribution in [0.2, 0.25) is 0 Å². The lowest BCUT2D eigenvalue weighted by Crippen LogP contribution is -2.06. The van der Waals surface area contributed by atoms with Crippen molar-refractivity contribution in [2.45, 2.75) is 6.42 Å². The van der Waals surface area contributed by atoms with Crippen molar-refractivity contribution in [2.75, 3.05) is 17.2 Å². The van der Waals surface area contributed by atoms with E-state index in [9.17, 15) is 4.79 Å². The number of H-pyrrole nitrogens is 1. The number of fused-ring (bicyclic) bond motifs is 1. The summed E-state index contributed by atoms with van der Waals surface area (Å²) in [6, 6.07) is 18.7. The van der Waals surface area contributed by atoms with E-state index in [1.165, 1.54) is 0 Å². The van der Waals surface area contributed by atoms with E-state index < -0.39 is 0 Å². The fourth-order valence-electron chi connectivity index (χ4n) is 3.03. The van der Waals surface area contributed by atoms with E-state index >= 15 is 0 Å². The van der Waals surface area contributed by atoms with E-state index in [0.717, 1.165) is 16.6 Å². The molecule has 2 heterocycles. The number of nitriles is 1. The van der Waals surface area contributed by atoms with Gasteiger partial charge in [-0.1, -0.05) is 12.1 Å². The first-order valence-corrected chi connectivity index (χ1v) is 9.16. The molecule has 29 heavy (non-hydrogen) atoms. The minimum atomic E-state index is -0.0318. The number of carbonyl (C=O) groups excluding carboxylic acids is 1. The monoisotopic (exact) mass is 382 g/mol. The Morgan fingerprint density at radius 1 is 1.10 bits per heavy atom. The smallest absolute Gasteiger partial charge is 0.224 e. The second kappa shape index (κ2) is 8.23. The highest BCUT2D eigenvalue weighted by Gasteiger charge is 2.13. The largest absolute Gasteiger partial charge is 0.361 e. The van der Waals surface area contributed by atoms with Gasteiger partial charge in [0.05, 0.1) is 18.0 Å². The van der Waals surface area contributed by atoms with Crippen molar-refractivity contribution >= 4 is 34.1 Å². The Balaban J connectivity index is 1.48. The molecule has 0 atom stereocenters. The summed E-state index contributed by atoms with van der Waals surface area (Å²) in [6.07, 6.45) is 3.85. The molecule has 0 saturated heterocycles. The molecule has 0 amide bonds. The van der Waals surface area contributed by atoms with Gasteiger partial charge in [0.2, 0.25) is 5.95 Å². The van der Waals surface area contributed by atoms with E-state index in [1.54, 1.807) is 24.4 Å². The lowest BCUT2D eigenvalue weighted by molar-refractivity contribution is 0.104. The van der Waals surface area contributed by atoms with Gasteiger partial charge in [0.15, 0.2) is 5.78 Å². The third-order valence-corrected chi connectivity index (χ3v) is 4.43. The van der Waals surface area contributed by atoms with E-state index in [-0.39, 0.29) is 5.78 Å². The number of rotatable bonds is 7. The number of carbonyl (C=O) groups is 1. The zero-order valence-corrected chi connectivity index (χ0v) is 15.5. The predicted molar refractivity (Wildman–Crippen MR) is 112 cm³/mol. The van der Waals surface area contributed by atoms with E-state index in [0.29, 0.717) is 35.9 Å². The molecule has 7 heteroatoms. The lowest BCUT2D eigenvalue weighted by Gasteiger charge is -2.09. The van der Waals surface area contributed by atoms with Gasteiger partial charge in [0, 0.05) is 41.1 Å². The fourth-order valence-corrected chi connectivity index (χ4v) is 3.03. The minimum absolute atomic E-state index is 0.0318. The molecular weight excluding hydrogens is 364 g/mol. The van der Waals surface area contributed by atoms with Gasteiger partial charge in [0.1, 0.15) is 5.82 Å². The van der Waals surface area contributed by atoms with Crippen LogP contribution >= 0.6 is 0 Å². The lowest BCUT2D eigenvalue weighted by atomic mass is 10.0. The average Bonchev–Trinajstić information content (AvgIpc) is 3.23. The Labute approximate surface area is 167 Å². The van der Waals surface area contributed by atoms with Crippen LogP contribution in [0, 0.1) is 11.3 Å². The molecule has 0 aliphatic heterocycles. The normalized spacial score (nSPS) is 10.4. The third-order valence-electron chi connectivity index (χ3n) is 4.43. The summed E-state index contributed by atoms with van der Waals surface area (Å²) in [5, 5.41) is 15.8. The van der Waals surface area contributed by atoms with Crippen molar-refractivity contribution in [3.63, 3.8) is 0 Å². The van der Waals surface area contributed by atoms with Crippen LogP contribution in [-0.2, 0) is 0 Å². The molecule has 2 aromatic carbocycles. The van der Waals surface area contributed by atoms with E-state index in [2.05, 4.69) is 31.7 Å². The maximum atomic E-state index is 12.9. The second-order valence-corrected chi connectivity index (χ2v) is 6.38. The molecule has 0 bridgehead atoms. The van der Waals surface area contributed by atoms with Crippen molar-refractivity contribution in [1.82, 2.24) is 15.0 Å². The highest BCUT2D eigenvalue weighted by atomic mass is 16.1. The topological polar surface area (TPSA) is 106 Å². The molecule has 0 radical (unpaired) electrons. The van der Waals surface area contributed by atoms with Crippen LogP contribution in [0.1, 0.15) is 22.3 Å².